The average molecular weight is 341 g/mol. The molecule has 0 atom stereocenters. The maximum absolute atomic E-state index is 13.3. The van der Waals surface area contributed by atoms with Gasteiger partial charge in [0, 0.05) is 5.69 Å². The van der Waals surface area contributed by atoms with Gasteiger partial charge in [0.25, 0.3) is 0 Å². The molecule has 0 aliphatic heterocycles. The molecule has 0 bridgehead atoms. The highest BCUT2D eigenvalue weighted by Gasteiger charge is 2.42. The molecule has 2 aromatic rings. The van der Waals surface area contributed by atoms with Crippen LogP contribution in [0.25, 0.3) is 0 Å². The van der Waals surface area contributed by atoms with Gasteiger partial charge < -0.3 is 10.1 Å². The molecule has 1 amide bonds. The van der Waals surface area contributed by atoms with Crippen molar-refractivity contribution in [1.29, 1.82) is 0 Å². The molecule has 1 fully saturated rings. The topological polar surface area (TPSA) is 38.3 Å². The quantitative estimate of drug-likeness (QED) is 0.797. The minimum absolute atomic E-state index is 0.0150. The van der Waals surface area contributed by atoms with Crippen LogP contribution in [0.2, 0.25) is 0 Å². The number of hydrogen-bond donors (Lipinski definition) is 1. The monoisotopic (exact) mass is 341 g/mol. The molecule has 1 aliphatic carbocycles. The highest BCUT2D eigenvalue weighted by atomic mass is 19.1. The smallest absolute Gasteiger partial charge is 0.235 e. The third-order valence-corrected chi connectivity index (χ3v) is 4.87. The minimum atomic E-state index is -0.564. The van der Waals surface area contributed by atoms with Crippen LogP contribution in [0.3, 0.4) is 0 Å². The van der Waals surface area contributed by atoms with Crippen molar-refractivity contribution in [3.05, 3.63) is 59.9 Å². The van der Waals surface area contributed by atoms with Crippen LogP contribution in [0.1, 0.15) is 44.6 Å². The molecule has 25 heavy (non-hydrogen) atoms. The Morgan fingerprint density at radius 2 is 1.72 bits per heavy atom. The summed E-state index contributed by atoms with van der Waals surface area (Å²) in [6.45, 7) is 2.74. The van der Waals surface area contributed by atoms with Crippen molar-refractivity contribution in [2.24, 2.45) is 0 Å². The zero-order valence-electron chi connectivity index (χ0n) is 14.6. The molecule has 0 unspecified atom stereocenters. The van der Waals surface area contributed by atoms with Gasteiger partial charge in [0.2, 0.25) is 5.91 Å². The molecule has 132 valence electrons. The molecule has 3 rings (SSSR count). The molecule has 3 nitrogen and oxygen atoms in total. The van der Waals surface area contributed by atoms with Crippen molar-refractivity contribution in [2.75, 3.05) is 11.9 Å². The first-order chi connectivity index (χ1) is 12.1. The summed E-state index contributed by atoms with van der Waals surface area (Å²) in [6, 6.07) is 13.8. The number of ether oxygens (including phenoxy) is 1. The molecule has 2 aromatic carbocycles. The van der Waals surface area contributed by atoms with Crippen LogP contribution < -0.4 is 10.1 Å². The molecule has 0 aromatic heterocycles. The number of hydrogen-bond acceptors (Lipinski definition) is 2. The fourth-order valence-electron chi connectivity index (χ4n) is 3.50. The third-order valence-electron chi connectivity index (χ3n) is 4.87. The molecule has 0 saturated heterocycles. The predicted octanol–water partition coefficient (Wildman–Crippen LogP) is 5.07. The number of carbonyl (C=O) groups excluding carboxylic acids is 1. The standard InChI is InChI=1S/C21H24FNO2/c1-2-15-25-19-11-9-18(10-12-19)23-20(24)21(13-3-4-14-21)16-5-7-17(22)8-6-16/h5-12H,2-4,13-15H2,1H3,(H,23,24). The molecular weight excluding hydrogens is 317 g/mol. The van der Waals surface area contributed by atoms with Crippen LogP contribution in [0.4, 0.5) is 10.1 Å². The number of rotatable bonds is 6. The van der Waals surface area contributed by atoms with E-state index in [4.69, 9.17) is 4.74 Å². The van der Waals surface area contributed by atoms with E-state index in [1.165, 1.54) is 12.1 Å². The van der Waals surface area contributed by atoms with E-state index in [-0.39, 0.29) is 11.7 Å². The van der Waals surface area contributed by atoms with Gasteiger partial charge in [0.15, 0.2) is 0 Å². The van der Waals surface area contributed by atoms with E-state index >= 15 is 0 Å². The zero-order chi connectivity index (χ0) is 17.7. The first-order valence-corrected chi connectivity index (χ1v) is 8.94. The Hall–Kier alpha value is -2.36. The highest BCUT2D eigenvalue weighted by Crippen LogP contribution is 2.42. The molecule has 0 heterocycles. The molecular formula is C21H24FNO2. The fourth-order valence-corrected chi connectivity index (χ4v) is 3.50. The Balaban J connectivity index is 1.76. The Kier molecular flexibility index (Phi) is 5.37. The lowest BCUT2D eigenvalue weighted by molar-refractivity contribution is -0.121. The van der Waals surface area contributed by atoms with Crippen molar-refractivity contribution in [3.63, 3.8) is 0 Å². The van der Waals surface area contributed by atoms with E-state index in [0.717, 1.165) is 49.1 Å². The van der Waals surface area contributed by atoms with Crippen LogP contribution in [-0.2, 0) is 10.2 Å². The average Bonchev–Trinajstić information content (AvgIpc) is 3.13. The summed E-state index contributed by atoms with van der Waals surface area (Å²) in [5, 5.41) is 3.03. The van der Waals surface area contributed by atoms with Gasteiger partial charge in [0.05, 0.1) is 12.0 Å². The van der Waals surface area contributed by atoms with Gasteiger partial charge in [-0.1, -0.05) is 31.9 Å². The van der Waals surface area contributed by atoms with Crippen molar-refractivity contribution in [1.82, 2.24) is 0 Å². The molecule has 1 saturated carbocycles. The number of nitrogens with one attached hydrogen (secondary N) is 1. The van der Waals surface area contributed by atoms with Crippen LogP contribution in [0, 0.1) is 5.82 Å². The van der Waals surface area contributed by atoms with Crippen LogP contribution in [-0.4, -0.2) is 12.5 Å². The normalized spacial score (nSPS) is 15.8. The van der Waals surface area contributed by atoms with Crippen molar-refractivity contribution in [2.45, 2.75) is 44.4 Å². The van der Waals surface area contributed by atoms with Gasteiger partial charge in [-0.05, 0) is 61.2 Å². The van der Waals surface area contributed by atoms with Crippen LogP contribution >= 0.6 is 0 Å². The minimum Gasteiger partial charge on any atom is -0.494 e. The van der Waals surface area contributed by atoms with Gasteiger partial charge in [-0.2, -0.15) is 0 Å². The summed E-state index contributed by atoms with van der Waals surface area (Å²) in [6.07, 6.45) is 4.56. The molecule has 0 radical (unpaired) electrons. The summed E-state index contributed by atoms with van der Waals surface area (Å²) in [4.78, 5) is 13.0. The second-order valence-electron chi connectivity index (χ2n) is 6.62. The Morgan fingerprint density at radius 1 is 1.08 bits per heavy atom. The fraction of sp³-hybridized carbons (Fsp3) is 0.381. The maximum Gasteiger partial charge on any atom is 0.235 e. The van der Waals surface area contributed by atoms with Crippen LogP contribution in [0.5, 0.6) is 5.75 Å². The molecule has 1 aliphatic rings. The van der Waals surface area contributed by atoms with Gasteiger partial charge in [-0.15, -0.1) is 0 Å². The van der Waals surface area contributed by atoms with Gasteiger partial charge in [0.1, 0.15) is 11.6 Å². The van der Waals surface area contributed by atoms with E-state index in [9.17, 15) is 9.18 Å². The predicted molar refractivity (Wildman–Crippen MR) is 97.4 cm³/mol. The molecule has 0 spiro atoms. The summed E-state index contributed by atoms with van der Waals surface area (Å²) < 4.78 is 18.8. The first-order valence-electron chi connectivity index (χ1n) is 8.94. The Labute approximate surface area is 148 Å². The number of carbonyl (C=O) groups is 1. The third kappa shape index (κ3) is 3.84. The summed E-state index contributed by atoms with van der Waals surface area (Å²) in [5.41, 5.74) is 1.08. The van der Waals surface area contributed by atoms with Crippen LogP contribution in [0.15, 0.2) is 48.5 Å². The van der Waals surface area contributed by atoms with E-state index in [2.05, 4.69) is 12.2 Å². The zero-order valence-corrected chi connectivity index (χ0v) is 14.6. The van der Waals surface area contributed by atoms with Crippen molar-refractivity contribution < 1.29 is 13.9 Å². The van der Waals surface area contributed by atoms with E-state index in [1.807, 2.05) is 24.3 Å². The number of anilines is 1. The lowest BCUT2D eigenvalue weighted by atomic mass is 9.78. The summed E-state index contributed by atoms with van der Waals surface area (Å²) in [7, 11) is 0. The van der Waals surface area contributed by atoms with E-state index in [1.54, 1.807) is 12.1 Å². The van der Waals surface area contributed by atoms with Crippen molar-refractivity contribution in [3.8, 4) is 5.75 Å². The van der Waals surface area contributed by atoms with Gasteiger partial charge >= 0.3 is 0 Å². The number of halogens is 1. The van der Waals surface area contributed by atoms with E-state index in [0.29, 0.717) is 6.61 Å². The van der Waals surface area contributed by atoms with E-state index < -0.39 is 5.41 Å². The summed E-state index contributed by atoms with van der Waals surface area (Å²) >= 11 is 0. The molecule has 4 heteroatoms. The Morgan fingerprint density at radius 3 is 2.32 bits per heavy atom. The Bertz CT molecular complexity index is 704. The first kappa shape index (κ1) is 17.5. The second-order valence-corrected chi connectivity index (χ2v) is 6.62. The SMILES string of the molecule is CCCOc1ccc(NC(=O)C2(c3ccc(F)cc3)CCCC2)cc1. The second kappa shape index (κ2) is 7.68. The highest BCUT2D eigenvalue weighted by molar-refractivity contribution is 5.99. The largest absolute Gasteiger partial charge is 0.494 e. The number of amides is 1. The lowest BCUT2D eigenvalue weighted by Crippen LogP contribution is -2.38. The lowest BCUT2D eigenvalue weighted by Gasteiger charge is -2.28. The summed E-state index contributed by atoms with van der Waals surface area (Å²) in [5.74, 6) is 0.507. The number of benzene rings is 2. The van der Waals surface area contributed by atoms with Gasteiger partial charge in [-0.3, -0.25) is 4.79 Å². The van der Waals surface area contributed by atoms with Crippen molar-refractivity contribution >= 4 is 11.6 Å². The van der Waals surface area contributed by atoms with Gasteiger partial charge in [-0.25, -0.2) is 4.39 Å². The maximum atomic E-state index is 13.3. The molecule has 1 N–H and O–H groups in total.